The molecule has 0 aliphatic carbocycles. The lowest BCUT2D eigenvalue weighted by molar-refractivity contribution is -0.138. The molecule has 1 unspecified atom stereocenters. The molecule has 10 heteroatoms. The number of amides is 2. The van der Waals surface area contributed by atoms with Gasteiger partial charge in [0.05, 0.1) is 13.2 Å². The molecule has 1 heterocycles. The summed E-state index contributed by atoms with van der Waals surface area (Å²) in [5, 5.41) is 2.93. The fourth-order valence-corrected chi connectivity index (χ4v) is 3.98. The SMILES string of the molecule is CCOCCCCNC(=O)[C@@H]1CCCN1C(=O)CCCCCOP(=O)(O)OCC. The van der Waals surface area contributed by atoms with Crippen LogP contribution < -0.4 is 5.32 Å². The van der Waals surface area contributed by atoms with Crippen molar-refractivity contribution < 1.29 is 32.8 Å². The van der Waals surface area contributed by atoms with Crippen molar-refractivity contribution >= 4 is 19.6 Å². The first-order valence-electron chi connectivity index (χ1n) is 10.7. The van der Waals surface area contributed by atoms with Crippen molar-refractivity contribution in [2.75, 3.05) is 39.5 Å². The quantitative estimate of drug-likeness (QED) is 0.282. The first-order valence-corrected chi connectivity index (χ1v) is 12.2. The summed E-state index contributed by atoms with van der Waals surface area (Å²) in [6, 6.07) is -0.371. The third kappa shape index (κ3) is 11.1. The van der Waals surface area contributed by atoms with Crippen LogP contribution in [-0.4, -0.2) is 67.2 Å². The van der Waals surface area contributed by atoms with E-state index in [1.54, 1.807) is 11.8 Å². The molecule has 1 saturated heterocycles. The summed E-state index contributed by atoms with van der Waals surface area (Å²) in [7, 11) is -3.94. The molecule has 1 aliphatic rings. The minimum atomic E-state index is -3.94. The Kier molecular flexibility index (Phi) is 13.4. The van der Waals surface area contributed by atoms with Crippen LogP contribution in [0.25, 0.3) is 0 Å². The van der Waals surface area contributed by atoms with Gasteiger partial charge in [-0.1, -0.05) is 6.42 Å². The molecule has 29 heavy (non-hydrogen) atoms. The number of carbonyl (C=O) groups is 2. The second kappa shape index (κ2) is 14.9. The molecular formula is C19H37N2O7P. The Bertz CT molecular complexity index is 533. The minimum absolute atomic E-state index is 0.0120. The Labute approximate surface area is 174 Å². The molecular weight excluding hydrogens is 399 g/mol. The average Bonchev–Trinajstić information content (AvgIpc) is 3.17. The smallest absolute Gasteiger partial charge is 0.382 e. The molecule has 2 N–H and O–H groups in total. The van der Waals surface area contributed by atoms with E-state index in [-0.39, 0.29) is 31.1 Å². The summed E-state index contributed by atoms with van der Waals surface area (Å²) in [5.74, 6) is -0.0858. The molecule has 0 spiro atoms. The van der Waals surface area contributed by atoms with Gasteiger partial charge in [-0.05, 0) is 52.4 Å². The summed E-state index contributed by atoms with van der Waals surface area (Å²) < 4.78 is 26.1. The zero-order valence-corrected chi connectivity index (χ0v) is 18.7. The summed E-state index contributed by atoms with van der Waals surface area (Å²) >= 11 is 0. The number of nitrogens with one attached hydrogen (secondary N) is 1. The topological polar surface area (TPSA) is 114 Å². The van der Waals surface area contributed by atoms with E-state index in [1.165, 1.54) is 0 Å². The number of phosphoric acid groups is 1. The Hall–Kier alpha value is -0.990. The maximum Gasteiger partial charge on any atom is 0.472 e. The predicted molar refractivity (Wildman–Crippen MR) is 109 cm³/mol. The predicted octanol–water partition coefficient (Wildman–Crippen LogP) is 2.62. The highest BCUT2D eigenvalue weighted by Gasteiger charge is 2.33. The van der Waals surface area contributed by atoms with Gasteiger partial charge in [0, 0.05) is 32.7 Å². The van der Waals surface area contributed by atoms with Gasteiger partial charge in [0.25, 0.3) is 0 Å². The van der Waals surface area contributed by atoms with Gasteiger partial charge < -0.3 is 19.8 Å². The van der Waals surface area contributed by atoms with Gasteiger partial charge in [0.1, 0.15) is 6.04 Å². The van der Waals surface area contributed by atoms with Gasteiger partial charge in [-0.15, -0.1) is 0 Å². The van der Waals surface area contributed by atoms with E-state index in [2.05, 4.69) is 9.84 Å². The van der Waals surface area contributed by atoms with Crippen molar-refractivity contribution in [3.8, 4) is 0 Å². The van der Waals surface area contributed by atoms with E-state index < -0.39 is 7.82 Å². The molecule has 9 nitrogen and oxygen atoms in total. The van der Waals surface area contributed by atoms with Gasteiger partial charge in [-0.2, -0.15) is 0 Å². The normalized spacial score (nSPS) is 18.6. The molecule has 170 valence electrons. The number of nitrogens with zero attached hydrogens (tertiary/aromatic N) is 1. The number of likely N-dealkylation sites (tertiary alicyclic amines) is 1. The first-order chi connectivity index (χ1) is 13.9. The van der Waals surface area contributed by atoms with Gasteiger partial charge in [-0.25, -0.2) is 4.57 Å². The number of rotatable bonds is 16. The van der Waals surface area contributed by atoms with Crippen LogP contribution in [0.4, 0.5) is 0 Å². The molecule has 2 atom stereocenters. The van der Waals surface area contributed by atoms with Crippen LogP contribution in [0.3, 0.4) is 0 Å². The Morgan fingerprint density at radius 3 is 2.55 bits per heavy atom. The lowest BCUT2D eigenvalue weighted by Gasteiger charge is -2.24. The zero-order valence-electron chi connectivity index (χ0n) is 17.8. The summed E-state index contributed by atoms with van der Waals surface area (Å²) in [6.07, 6.45) is 5.58. The van der Waals surface area contributed by atoms with Gasteiger partial charge >= 0.3 is 7.82 Å². The van der Waals surface area contributed by atoms with Crippen LogP contribution in [-0.2, 0) is 27.9 Å². The van der Waals surface area contributed by atoms with E-state index in [9.17, 15) is 19.0 Å². The van der Waals surface area contributed by atoms with E-state index in [1.807, 2.05) is 6.92 Å². The highest BCUT2D eigenvalue weighted by Crippen LogP contribution is 2.42. The lowest BCUT2D eigenvalue weighted by atomic mass is 10.1. The molecule has 0 aromatic carbocycles. The maximum absolute atomic E-state index is 12.5. The summed E-state index contributed by atoms with van der Waals surface area (Å²) in [5.41, 5.74) is 0. The molecule has 0 aromatic rings. The van der Waals surface area contributed by atoms with Crippen molar-refractivity contribution in [1.82, 2.24) is 10.2 Å². The van der Waals surface area contributed by atoms with E-state index in [0.717, 1.165) is 19.3 Å². The largest absolute Gasteiger partial charge is 0.472 e. The fraction of sp³-hybridized carbons (Fsp3) is 0.895. The fourth-order valence-electron chi connectivity index (χ4n) is 3.22. The number of hydrogen-bond donors (Lipinski definition) is 2. The monoisotopic (exact) mass is 436 g/mol. The number of carbonyl (C=O) groups excluding carboxylic acids is 2. The Balaban J connectivity index is 2.20. The van der Waals surface area contributed by atoms with Crippen molar-refractivity contribution in [3.63, 3.8) is 0 Å². The second-order valence-corrected chi connectivity index (χ2v) is 8.42. The van der Waals surface area contributed by atoms with Crippen molar-refractivity contribution in [1.29, 1.82) is 0 Å². The molecule has 0 aromatic heterocycles. The summed E-state index contributed by atoms with van der Waals surface area (Å²) in [4.78, 5) is 35.9. The zero-order chi connectivity index (χ0) is 21.5. The molecule has 2 amide bonds. The van der Waals surface area contributed by atoms with E-state index in [4.69, 9.17) is 9.26 Å². The van der Waals surface area contributed by atoms with Gasteiger partial charge in [0.15, 0.2) is 0 Å². The second-order valence-electron chi connectivity index (χ2n) is 6.97. The average molecular weight is 436 g/mol. The minimum Gasteiger partial charge on any atom is -0.382 e. The number of unbranched alkanes of at least 4 members (excludes halogenated alkanes) is 3. The number of phosphoric ester groups is 1. The third-order valence-electron chi connectivity index (χ3n) is 4.68. The Morgan fingerprint density at radius 1 is 1.07 bits per heavy atom. The van der Waals surface area contributed by atoms with Crippen LogP contribution in [0.2, 0.25) is 0 Å². The number of ether oxygens (including phenoxy) is 1. The third-order valence-corrected chi connectivity index (χ3v) is 5.77. The van der Waals surface area contributed by atoms with Gasteiger partial charge in [0.2, 0.25) is 11.8 Å². The van der Waals surface area contributed by atoms with Crippen LogP contribution in [0.5, 0.6) is 0 Å². The van der Waals surface area contributed by atoms with Crippen LogP contribution >= 0.6 is 7.82 Å². The highest BCUT2D eigenvalue weighted by atomic mass is 31.2. The van der Waals surface area contributed by atoms with E-state index >= 15 is 0 Å². The van der Waals surface area contributed by atoms with Crippen LogP contribution in [0, 0.1) is 0 Å². The standard InChI is InChI=1S/C19H37N2O7P/c1-3-26-15-9-7-13-20-19(23)17-11-10-14-21(17)18(22)12-6-5-8-16-28-29(24,25)27-4-2/h17H,3-16H2,1-2H3,(H,20,23)(H,24,25)/t17-/m0/s1. The molecule has 1 rings (SSSR count). The van der Waals surface area contributed by atoms with Gasteiger partial charge in [-0.3, -0.25) is 18.6 Å². The molecule has 1 fully saturated rings. The van der Waals surface area contributed by atoms with E-state index in [0.29, 0.717) is 58.4 Å². The molecule has 0 bridgehead atoms. The molecule has 1 aliphatic heterocycles. The Morgan fingerprint density at radius 2 is 1.83 bits per heavy atom. The van der Waals surface area contributed by atoms with Crippen molar-refractivity contribution in [2.45, 2.75) is 71.3 Å². The van der Waals surface area contributed by atoms with Crippen LogP contribution in [0.15, 0.2) is 0 Å². The molecule has 0 saturated carbocycles. The van der Waals surface area contributed by atoms with Crippen LogP contribution in [0.1, 0.15) is 65.2 Å². The lowest BCUT2D eigenvalue weighted by Crippen LogP contribution is -2.46. The number of hydrogen-bond acceptors (Lipinski definition) is 6. The maximum atomic E-state index is 12.5. The molecule has 0 radical (unpaired) electrons. The van der Waals surface area contributed by atoms with Crippen molar-refractivity contribution in [3.05, 3.63) is 0 Å². The first kappa shape index (κ1) is 26.0. The summed E-state index contributed by atoms with van der Waals surface area (Å²) in [6.45, 7) is 6.41. The van der Waals surface area contributed by atoms with Crippen molar-refractivity contribution in [2.24, 2.45) is 0 Å². The highest BCUT2D eigenvalue weighted by molar-refractivity contribution is 7.47.